The average Bonchev–Trinajstić information content (AvgIpc) is 2.06. The van der Waals surface area contributed by atoms with Gasteiger partial charge in [0.2, 0.25) is 0 Å². The molecule has 0 nitrogen and oxygen atoms in total. The Morgan fingerprint density at radius 2 is 1.86 bits per heavy atom. The van der Waals surface area contributed by atoms with Gasteiger partial charge in [0.25, 0.3) is 0 Å². The molecule has 1 aromatic rings. The van der Waals surface area contributed by atoms with Crippen molar-refractivity contribution in [3.63, 3.8) is 0 Å². The maximum Gasteiger partial charge on any atom is 0.0396 e. The van der Waals surface area contributed by atoms with Crippen LogP contribution in [0.1, 0.15) is 26.3 Å². The Kier molecular flexibility index (Phi) is 4.10. The standard InChI is InChI=1S/C12H13BrS/c1-12(2,3)14-9-8-10-6-4-5-7-11(10)13/h4-7H,1-3H3. The van der Waals surface area contributed by atoms with Crippen LogP contribution in [0.25, 0.3) is 0 Å². The first kappa shape index (κ1) is 11.7. The van der Waals surface area contributed by atoms with Crippen LogP contribution in [0.4, 0.5) is 0 Å². The lowest BCUT2D eigenvalue weighted by Crippen LogP contribution is -2.04. The molecule has 0 fully saturated rings. The van der Waals surface area contributed by atoms with Crippen molar-refractivity contribution in [3.05, 3.63) is 34.3 Å². The predicted octanol–water partition coefficient (Wildman–Crippen LogP) is 4.29. The molecule has 0 aliphatic heterocycles. The summed E-state index contributed by atoms with van der Waals surface area (Å²) >= 11 is 5.12. The summed E-state index contributed by atoms with van der Waals surface area (Å²) in [5.41, 5.74) is 1.05. The van der Waals surface area contributed by atoms with E-state index in [0.717, 1.165) is 10.0 Å². The van der Waals surface area contributed by atoms with Crippen molar-refractivity contribution in [2.45, 2.75) is 25.5 Å². The third-order valence-corrected chi connectivity index (χ3v) is 2.92. The van der Waals surface area contributed by atoms with Gasteiger partial charge >= 0.3 is 0 Å². The SMILES string of the molecule is CC(C)(C)SC#Cc1ccccc1Br. The molecule has 0 bridgehead atoms. The minimum absolute atomic E-state index is 0.203. The molecule has 0 saturated carbocycles. The van der Waals surface area contributed by atoms with Gasteiger partial charge in [-0.15, -0.1) is 0 Å². The van der Waals surface area contributed by atoms with Gasteiger partial charge in [0.1, 0.15) is 0 Å². The van der Waals surface area contributed by atoms with Crippen molar-refractivity contribution in [3.8, 4) is 11.2 Å². The smallest absolute Gasteiger partial charge is 0.0396 e. The molecule has 14 heavy (non-hydrogen) atoms. The van der Waals surface area contributed by atoms with Crippen LogP contribution in [-0.4, -0.2) is 4.75 Å². The third kappa shape index (κ3) is 4.21. The number of hydrogen-bond donors (Lipinski definition) is 0. The molecule has 1 aromatic carbocycles. The Hall–Kier alpha value is -0.390. The van der Waals surface area contributed by atoms with Crippen LogP contribution in [0.5, 0.6) is 0 Å². The van der Waals surface area contributed by atoms with Crippen molar-refractivity contribution < 1.29 is 0 Å². The second-order valence-electron chi connectivity index (χ2n) is 3.92. The van der Waals surface area contributed by atoms with Gasteiger partial charge < -0.3 is 0 Å². The number of thioether (sulfide) groups is 1. The van der Waals surface area contributed by atoms with Gasteiger partial charge in [-0.25, -0.2) is 0 Å². The van der Waals surface area contributed by atoms with Gasteiger partial charge in [-0.05, 0) is 33.3 Å². The fourth-order valence-corrected chi connectivity index (χ4v) is 1.65. The Bertz CT molecular complexity index is 366. The summed E-state index contributed by atoms with van der Waals surface area (Å²) < 4.78 is 1.26. The maximum atomic E-state index is 3.47. The van der Waals surface area contributed by atoms with Crippen molar-refractivity contribution in [1.29, 1.82) is 0 Å². The molecule has 0 spiro atoms. The maximum absolute atomic E-state index is 3.47. The van der Waals surface area contributed by atoms with Gasteiger partial charge in [0.05, 0.1) is 0 Å². The van der Waals surface area contributed by atoms with Crippen LogP contribution in [0.2, 0.25) is 0 Å². The average molecular weight is 269 g/mol. The Balaban J connectivity index is 2.74. The van der Waals surface area contributed by atoms with Gasteiger partial charge in [0, 0.05) is 14.8 Å². The molecule has 0 N–H and O–H groups in total. The molecule has 0 amide bonds. The fraction of sp³-hybridized carbons (Fsp3) is 0.333. The van der Waals surface area contributed by atoms with Gasteiger partial charge in [-0.1, -0.05) is 50.6 Å². The van der Waals surface area contributed by atoms with Crippen LogP contribution in [-0.2, 0) is 0 Å². The van der Waals surface area contributed by atoms with E-state index in [0.29, 0.717) is 0 Å². The summed E-state index contributed by atoms with van der Waals surface area (Å²) in [7, 11) is 0. The van der Waals surface area contributed by atoms with Crippen molar-refractivity contribution in [2.24, 2.45) is 0 Å². The zero-order valence-corrected chi connectivity index (χ0v) is 11.0. The highest BCUT2D eigenvalue weighted by atomic mass is 79.9. The molecule has 0 heterocycles. The van der Waals surface area contributed by atoms with Crippen LogP contribution >= 0.6 is 27.7 Å². The van der Waals surface area contributed by atoms with Crippen LogP contribution in [0.15, 0.2) is 28.7 Å². The molecule has 0 aliphatic rings. The molecular weight excluding hydrogens is 256 g/mol. The molecule has 0 radical (unpaired) electrons. The van der Waals surface area contributed by atoms with E-state index in [2.05, 4.69) is 47.9 Å². The molecule has 0 saturated heterocycles. The topological polar surface area (TPSA) is 0 Å². The first-order valence-corrected chi connectivity index (χ1v) is 6.03. The summed E-state index contributed by atoms with van der Waals surface area (Å²) in [6, 6.07) is 8.01. The van der Waals surface area contributed by atoms with E-state index in [1.807, 2.05) is 24.3 Å². The highest BCUT2D eigenvalue weighted by Crippen LogP contribution is 2.22. The van der Waals surface area contributed by atoms with E-state index in [4.69, 9.17) is 0 Å². The summed E-state index contributed by atoms with van der Waals surface area (Å²) in [6.45, 7) is 6.48. The number of halogens is 1. The van der Waals surface area contributed by atoms with E-state index in [-0.39, 0.29) is 4.75 Å². The first-order valence-electron chi connectivity index (χ1n) is 4.42. The zero-order valence-electron chi connectivity index (χ0n) is 8.60. The Morgan fingerprint density at radius 1 is 1.21 bits per heavy atom. The van der Waals surface area contributed by atoms with E-state index >= 15 is 0 Å². The van der Waals surface area contributed by atoms with E-state index in [9.17, 15) is 0 Å². The molecule has 0 atom stereocenters. The molecule has 0 aromatic heterocycles. The highest BCUT2D eigenvalue weighted by Gasteiger charge is 2.07. The largest absolute Gasteiger partial charge is 0.0687 e. The van der Waals surface area contributed by atoms with Crippen molar-refractivity contribution in [1.82, 2.24) is 0 Å². The molecule has 1 rings (SSSR count). The zero-order chi connectivity index (χ0) is 10.6. The summed E-state index contributed by atoms with van der Waals surface area (Å²) in [4.78, 5) is 0. The summed E-state index contributed by atoms with van der Waals surface area (Å²) in [5.74, 6) is 3.14. The monoisotopic (exact) mass is 268 g/mol. The van der Waals surface area contributed by atoms with Gasteiger partial charge in [-0.3, -0.25) is 0 Å². The Morgan fingerprint density at radius 3 is 2.43 bits per heavy atom. The summed E-state index contributed by atoms with van der Waals surface area (Å²) in [5, 5.41) is 3.12. The second kappa shape index (κ2) is 4.91. The molecule has 74 valence electrons. The third-order valence-electron chi connectivity index (χ3n) is 1.42. The summed E-state index contributed by atoms with van der Waals surface area (Å²) in [6.07, 6.45) is 0. The number of rotatable bonds is 0. The number of benzene rings is 1. The van der Waals surface area contributed by atoms with Crippen LogP contribution < -0.4 is 0 Å². The molecule has 0 aliphatic carbocycles. The van der Waals surface area contributed by atoms with Gasteiger partial charge in [-0.2, -0.15) is 0 Å². The molecule has 2 heteroatoms. The van der Waals surface area contributed by atoms with Crippen LogP contribution in [0, 0.1) is 11.2 Å². The lowest BCUT2D eigenvalue weighted by molar-refractivity contribution is 0.808. The lowest BCUT2D eigenvalue weighted by Gasteiger charge is -2.11. The van der Waals surface area contributed by atoms with Crippen molar-refractivity contribution in [2.75, 3.05) is 0 Å². The number of hydrogen-bond acceptors (Lipinski definition) is 1. The first-order chi connectivity index (χ1) is 6.49. The van der Waals surface area contributed by atoms with Gasteiger partial charge in [0.15, 0.2) is 0 Å². The fourth-order valence-electron chi connectivity index (χ4n) is 0.796. The van der Waals surface area contributed by atoms with E-state index in [1.165, 1.54) is 0 Å². The lowest BCUT2D eigenvalue weighted by atomic mass is 10.2. The van der Waals surface area contributed by atoms with Crippen molar-refractivity contribution >= 4 is 27.7 Å². The second-order valence-corrected chi connectivity index (χ2v) is 6.41. The Labute approximate surface area is 98.6 Å². The molecular formula is C12H13BrS. The molecule has 0 unspecified atom stereocenters. The van der Waals surface area contributed by atoms with E-state index in [1.54, 1.807) is 11.8 Å². The van der Waals surface area contributed by atoms with Crippen LogP contribution in [0.3, 0.4) is 0 Å². The van der Waals surface area contributed by atoms with E-state index < -0.39 is 0 Å². The highest BCUT2D eigenvalue weighted by molar-refractivity contribution is 9.10. The quantitative estimate of drug-likeness (QED) is 0.633. The minimum atomic E-state index is 0.203. The normalized spacial score (nSPS) is 10.6. The minimum Gasteiger partial charge on any atom is -0.0687 e. The predicted molar refractivity (Wildman–Crippen MR) is 68.4 cm³/mol.